The highest BCUT2D eigenvalue weighted by Crippen LogP contribution is 2.30. The highest BCUT2D eigenvalue weighted by molar-refractivity contribution is 6.33. The summed E-state index contributed by atoms with van der Waals surface area (Å²) in [6.45, 7) is 0. The number of hydrogen-bond acceptors (Lipinski definition) is 2. The lowest BCUT2D eigenvalue weighted by atomic mass is 9.87. The predicted octanol–water partition coefficient (Wildman–Crippen LogP) is 3.73. The fourth-order valence-corrected chi connectivity index (χ4v) is 2.99. The van der Waals surface area contributed by atoms with Crippen LogP contribution < -0.4 is 11.1 Å². The highest BCUT2D eigenvalue weighted by atomic mass is 35.5. The number of nitrogens with two attached hydrogens (primary N) is 1. The molecule has 0 aliphatic heterocycles. The van der Waals surface area contributed by atoms with Crippen molar-refractivity contribution in [2.45, 2.75) is 25.3 Å². The lowest BCUT2D eigenvalue weighted by molar-refractivity contribution is 0.0933. The largest absolute Gasteiger partial charge is 0.398 e. The maximum Gasteiger partial charge on any atom is 0.251 e. The van der Waals surface area contributed by atoms with Crippen LogP contribution in [0, 0.1) is 0 Å². The third-order valence-electron chi connectivity index (χ3n) is 3.94. The zero-order valence-electron chi connectivity index (χ0n) is 11.6. The second-order valence-electron chi connectivity index (χ2n) is 5.35. The molecule has 3 N–H and O–H groups in total. The van der Waals surface area contributed by atoms with E-state index in [0.29, 0.717) is 16.3 Å². The predicted molar refractivity (Wildman–Crippen MR) is 85.5 cm³/mol. The Morgan fingerprint density at radius 2 is 2.05 bits per heavy atom. The third-order valence-corrected chi connectivity index (χ3v) is 4.26. The monoisotopic (exact) mass is 300 g/mol. The van der Waals surface area contributed by atoms with E-state index in [1.54, 1.807) is 18.2 Å². The molecule has 1 amide bonds. The number of amides is 1. The SMILES string of the molecule is Nc1ccc(C(=O)NC2CCCc3ccccc32)cc1Cl. The number of nitrogen functional groups attached to an aromatic ring is 1. The van der Waals surface area contributed by atoms with Gasteiger partial charge in [-0.15, -0.1) is 0 Å². The first-order valence-corrected chi connectivity index (χ1v) is 7.46. The summed E-state index contributed by atoms with van der Waals surface area (Å²) in [6.07, 6.45) is 3.13. The number of nitrogens with one attached hydrogen (secondary N) is 1. The van der Waals surface area contributed by atoms with Crippen molar-refractivity contribution in [1.82, 2.24) is 5.32 Å². The van der Waals surface area contributed by atoms with E-state index >= 15 is 0 Å². The van der Waals surface area contributed by atoms with Gasteiger partial charge in [0.2, 0.25) is 0 Å². The van der Waals surface area contributed by atoms with Crippen LogP contribution in [-0.2, 0) is 6.42 Å². The topological polar surface area (TPSA) is 55.1 Å². The van der Waals surface area contributed by atoms with Crippen LogP contribution in [0.4, 0.5) is 5.69 Å². The Morgan fingerprint density at radius 3 is 2.86 bits per heavy atom. The summed E-state index contributed by atoms with van der Waals surface area (Å²) in [4.78, 5) is 12.4. The molecular formula is C17H17ClN2O. The summed E-state index contributed by atoms with van der Waals surface area (Å²) < 4.78 is 0. The molecule has 0 aromatic heterocycles. The molecule has 0 bridgehead atoms. The van der Waals surface area contributed by atoms with Crippen molar-refractivity contribution < 1.29 is 4.79 Å². The number of anilines is 1. The van der Waals surface area contributed by atoms with E-state index in [1.165, 1.54) is 11.1 Å². The summed E-state index contributed by atoms with van der Waals surface area (Å²) >= 11 is 5.98. The average Bonchev–Trinajstić information content (AvgIpc) is 2.50. The van der Waals surface area contributed by atoms with Gasteiger partial charge in [0.15, 0.2) is 0 Å². The fraction of sp³-hybridized carbons (Fsp3) is 0.235. The van der Waals surface area contributed by atoms with Gasteiger partial charge in [-0.3, -0.25) is 4.79 Å². The Bertz CT molecular complexity index is 684. The number of carbonyl (C=O) groups excluding carboxylic acids is 1. The van der Waals surface area contributed by atoms with Gasteiger partial charge in [-0.2, -0.15) is 0 Å². The van der Waals surface area contributed by atoms with Gasteiger partial charge in [0.05, 0.1) is 16.8 Å². The number of rotatable bonds is 2. The normalized spacial score (nSPS) is 17.1. The molecule has 2 aromatic rings. The van der Waals surface area contributed by atoms with Gasteiger partial charge in [0.1, 0.15) is 0 Å². The number of aryl methyl sites for hydroxylation is 1. The molecule has 0 heterocycles. The molecule has 0 radical (unpaired) electrons. The van der Waals surface area contributed by atoms with E-state index in [9.17, 15) is 4.79 Å². The first kappa shape index (κ1) is 14.0. The maximum atomic E-state index is 12.4. The summed E-state index contributed by atoms with van der Waals surface area (Å²) in [5, 5.41) is 3.51. The number of benzene rings is 2. The smallest absolute Gasteiger partial charge is 0.251 e. The first-order chi connectivity index (χ1) is 10.1. The standard InChI is InChI=1S/C17H17ClN2O/c18-14-10-12(8-9-15(14)19)17(21)20-16-7-3-5-11-4-1-2-6-13(11)16/h1-2,4,6,8-10,16H,3,5,7,19H2,(H,20,21). The minimum Gasteiger partial charge on any atom is -0.398 e. The van der Waals surface area contributed by atoms with Crippen molar-refractivity contribution in [2.24, 2.45) is 0 Å². The molecule has 1 unspecified atom stereocenters. The quantitative estimate of drug-likeness (QED) is 0.830. The number of carbonyl (C=O) groups is 1. The molecule has 0 saturated heterocycles. The molecule has 1 aliphatic rings. The molecule has 0 fully saturated rings. The Kier molecular flexibility index (Phi) is 3.84. The lowest BCUT2D eigenvalue weighted by Crippen LogP contribution is -2.30. The zero-order chi connectivity index (χ0) is 14.8. The van der Waals surface area contributed by atoms with E-state index in [1.807, 2.05) is 12.1 Å². The van der Waals surface area contributed by atoms with E-state index in [0.717, 1.165) is 19.3 Å². The fourth-order valence-electron chi connectivity index (χ4n) is 2.81. The van der Waals surface area contributed by atoms with E-state index in [4.69, 9.17) is 17.3 Å². The Labute approximate surface area is 129 Å². The van der Waals surface area contributed by atoms with Crippen LogP contribution in [0.25, 0.3) is 0 Å². The minimum atomic E-state index is -0.112. The van der Waals surface area contributed by atoms with Gasteiger partial charge in [0, 0.05) is 5.56 Å². The highest BCUT2D eigenvalue weighted by Gasteiger charge is 2.21. The van der Waals surface area contributed by atoms with Crippen molar-refractivity contribution in [3.05, 3.63) is 64.2 Å². The van der Waals surface area contributed by atoms with Crippen LogP contribution in [0.5, 0.6) is 0 Å². The number of fused-ring (bicyclic) bond motifs is 1. The molecule has 3 nitrogen and oxygen atoms in total. The third kappa shape index (κ3) is 2.88. The van der Waals surface area contributed by atoms with Crippen LogP contribution in [0.1, 0.15) is 40.4 Å². The molecule has 0 saturated carbocycles. The van der Waals surface area contributed by atoms with Crippen LogP contribution in [-0.4, -0.2) is 5.91 Å². The molecule has 3 rings (SSSR count). The van der Waals surface area contributed by atoms with Gasteiger partial charge in [-0.25, -0.2) is 0 Å². The minimum absolute atomic E-state index is 0.0683. The van der Waals surface area contributed by atoms with Crippen molar-refractivity contribution >= 4 is 23.2 Å². The van der Waals surface area contributed by atoms with Gasteiger partial charge in [0.25, 0.3) is 5.91 Å². The molecule has 1 atom stereocenters. The second-order valence-corrected chi connectivity index (χ2v) is 5.76. The molecule has 0 spiro atoms. The zero-order valence-corrected chi connectivity index (χ0v) is 12.4. The Balaban J connectivity index is 1.81. The van der Waals surface area contributed by atoms with Gasteiger partial charge < -0.3 is 11.1 Å². The van der Waals surface area contributed by atoms with Gasteiger partial charge in [-0.05, 0) is 48.6 Å². The van der Waals surface area contributed by atoms with Crippen molar-refractivity contribution in [1.29, 1.82) is 0 Å². The van der Waals surface area contributed by atoms with Crippen LogP contribution in [0.3, 0.4) is 0 Å². The summed E-state index contributed by atoms with van der Waals surface area (Å²) in [6, 6.07) is 13.3. The van der Waals surface area contributed by atoms with E-state index < -0.39 is 0 Å². The van der Waals surface area contributed by atoms with Crippen molar-refractivity contribution in [2.75, 3.05) is 5.73 Å². The van der Waals surface area contributed by atoms with E-state index in [2.05, 4.69) is 17.4 Å². The Hall–Kier alpha value is -2.00. The average molecular weight is 301 g/mol. The summed E-state index contributed by atoms with van der Waals surface area (Å²) in [7, 11) is 0. The van der Waals surface area contributed by atoms with Crippen LogP contribution >= 0.6 is 11.6 Å². The molecule has 4 heteroatoms. The van der Waals surface area contributed by atoms with Crippen molar-refractivity contribution in [3.63, 3.8) is 0 Å². The summed E-state index contributed by atoms with van der Waals surface area (Å²) in [5.41, 5.74) is 9.24. The van der Waals surface area contributed by atoms with Gasteiger partial charge >= 0.3 is 0 Å². The van der Waals surface area contributed by atoms with E-state index in [-0.39, 0.29) is 11.9 Å². The van der Waals surface area contributed by atoms with Crippen LogP contribution in [0.15, 0.2) is 42.5 Å². The number of hydrogen-bond donors (Lipinski definition) is 2. The molecular weight excluding hydrogens is 284 g/mol. The molecule has 1 aliphatic carbocycles. The number of halogens is 1. The molecule has 108 valence electrons. The van der Waals surface area contributed by atoms with Crippen molar-refractivity contribution in [3.8, 4) is 0 Å². The summed E-state index contributed by atoms with van der Waals surface area (Å²) in [5.74, 6) is -0.112. The lowest BCUT2D eigenvalue weighted by Gasteiger charge is -2.26. The van der Waals surface area contributed by atoms with Crippen LogP contribution in [0.2, 0.25) is 5.02 Å². The van der Waals surface area contributed by atoms with Gasteiger partial charge in [-0.1, -0.05) is 35.9 Å². The maximum absolute atomic E-state index is 12.4. The Morgan fingerprint density at radius 1 is 1.24 bits per heavy atom. The first-order valence-electron chi connectivity index (χ1n) is 7.09. The molecule has 21 heavy (non-hydrogen) atoms. The molecule has 2 aromatic carbocycles. The second kappa shape index (κ2) is 5.78.